The molecule has 0 amide bonds. The summed E-state index contributed by atoms with van der Waals surface area (Å²) < 4.78 is 14.0. The summed E-state index contributed by atoms with van der Waals surface area (Å²) in [5.74, 6) is 2.52. The molecule has 0 bridgehead atoms. The highest BCUT2D eigenvalue weighted by molar-refractivity contribution is 5.72. The van der Waals surface area contributed by atoms with Gasteiger partial charge in [0.25, 0.3) is 0 Å². The molecule has 7 atom stereocenters. The van der Waals surface area contributed by atoms with Crippen molar-refractivity contribution in [3.05, 3.63) is 161 Å². The third-order valence-electron chi connectivity index (χ3n) is 11.5. The molecular weight excluding hydrogens is 566 g/mol. The van der Waals surface area contributed by atoms with Crippen LogP contribution in [-0.4, -0.2) is 40.7 Å². The number of benzene rings is 1. The summed E-state index contributed by atoms with van der Waals surface area (Å²) in [6.07, 6.45) is 33.5. The summed E-state index contributed by atoms with van der Waals surface area (Å²) in [5, 5.41) is 3.50. The van der Waals surface area contributed by atoms with Crippen LogP contribution in [0.1, 0.15) is 36.9 Å². The number of nitrogens with one attached hydrogen (secondary N) is 1. The van der Waals surface area contributed by atoms with E-state index in [0.29, 0.717) is 12.0 Å². The van der Waals surface area contributed by atoms with Crippen molar-refractivity contribution in [3.8, 4) is 5.75 Å². The van der Waals surface area contributed by atoms with Crippen LogP contribution >= 0.6 is 0 Å². The number of rotatable bonds is 2. The van der Waals surface area contributed by atoms with Crippen molar-refractivity contribution in [1.82, 2.24) is 15.2 Å². The molecule has 5 heterocycles. The molecule has 1 saturated heterocycles. The summed E-state index contributed by atoms with van der Waals surface area (Å²) >= 11 is 0. The number of allylic oxidation sites excluding steroid dienone is 8. The van der Waals surface area contributed by atoms with Gasteiger partial charge in [-0.25, -0.2) is 0 Å². The van der Waals surface area contributed by atoms with Gasteiger partial charge in [0.1, 0.15) is 11.5 Å². The highest BCUT2D eigenvalue weighted by atomic mass is 16.5. The fourth-order valence-electron chi connectivity index (χ4n) is 9.74. The van der Waals surface area contributed by atoms with Gasteiger partial charge in [-0.3, -0.25) is 4.98 Å². The average molecular weight is 604 g/mol. The van der Waals surface area contributed by atoms with Crippen molar-refractivity contribution < 1.29 is 9.47 Å². The first-order valence-electron chi connectivity index (χ1n) is 16.9. The maximum atomic E-state index is 7.20. The lowest BCUT2D eigenvalue weighted by atomic mass is 9.52. The van der Waals surface area contributed by atoms with Crippen molar-refractivity contribution in [2.45, 2.75) is 55.4 Å². The number of ether oxygens (including phenoxy) is 2. The molecule has 1 aromatic carbocycles. The number of hydrogen-bond acceptors (Lipinski definition) is 5. The van der Waals surface area contributed by atoms with Gasteiger partial charge in [-0.05, 0) is 84.5 Å². The van der Waals surface area contributed by atoms with E-state index in [1.165, 1.54) is 33.6 Å². The number of fused-ring (bicyclic) bond motifs is 9. The van der Waals surface area contributed by atoms with Crippen LogP contribution < -0.4 is 10.1 Å². The molecule has 7 unspecified atom stereocenters. The molecule has 1 fully saturated rings. The standard InChI is InChI=1S/C41H37N3O2/c1-4-13-35-28(9-1)29-20-22-42-25-36(29)44(35)27-17-19-33-40(24-27)46-38-15-6-3-11-31(38)41(33)30-10-2-5-14-37(30)45-39-23-26(16-18-32(39)41)34-12-7-8-21-43-34/h1-14,17,19-23,27-28,33,35,38,40,42H,15-16,18,24-25H2. The average Bonchev–Trinajstić information content (AvgIpc) is 3.46. The van der Waals surface area contributed by atoms with Gasteiger partial charge >= 0.3 is 0 Å². The van der Waals surface area contributed by atoms with E-state index < -0.39 is 0 Å². The second-order valence-corrected chi connectivity index (χ2v) is 13.6. The molecule has 46 heavy (non-hydrogen) atoms. The Balaban J connectivity index is 1.13. The van der Waals surface area contributed by atoms with E-state index >= 15 is 0 Å². The van der Waals surface area contributed by atoms with Crippen molar-refractivity contribution in [3.63, 3.8) is 0 Å². The van der Waals surface area contributed by atoms with Crippen LogP contribution in [0.2, 0.25) is 0 Å². The molecule has 0 radical (unpaired) electrons. The highest BCUT2D eigenvalue weighted by Crippen LogP contribution is 2.62. The van der Waals surface area contributed by atoms with Gasteiger partial charge in [-0.1, -0.05) is 78.9 Å². The lowest BCUT2D eigenvalue weighted by Gasteiger charge is -2.57. The summed E-state index contributed by atoms with van der Waals surface area (Å²) in [7, 11) is 0. The Morgan fingerprint density at radius 1 is 0.957 bits per heavy atom. The Morgan fingerprint density at radius 3 is 2.85 bits per heavy atom. The van der Waals surface area contributed by atoms with Crippen molar-refractivity contribution >= 4 is 5.57 Å². The molecule has 1 aromatic heterocycles. The minimum Gasteiger partial charge on any atom is -0.457 e. The summed E-state index contributed by atoms with van der Waals surface area (Å²) in [4.78, 5) is 7.39. The lowest BCUT2D eigenvalue weighted by Crippen LogP contribution is -2.58. The Bertz CT molecular complexity index is 1910. The Hall–Kier alpha value is -4.61. The van der Waals surface area contributed by atoms with Gasteiger partial charge in [0.05, 0.1) is 41.9 Å². The zero-order valence-electron chi connectivity index (χ0n) is 25.8. The van der Waals surface area contributed by atoms with Gasteiger partial charge in [0.15, 0.2) is 0 Å². The molecule has 1 N–H and O–H groups in total. The fraction of sp³-hybridized carbons (Fsp3) is 0.293. The van der Waals surface area contributed by atoms with E-state index in [2.05, 4.69) is 120 Å². The molecule has 4 aliphatic heterocycles. The Labute approximate surface area is 270 Å². The van der Waals surface area contributed by atoms with Gasteiger partial charge < -0.3 is 19.7 Å². The third kappa shape index (κ3) is 3.69. The van der Waals surface area contributed by atoms with Crippen molar-refractivity contribution in [1.29, 1.82) is 0 Å². The Morgan fingerprint density at radius 2 is 1.89 bits per heavy atom. The molecular formula is C41H37N3O2. The third-order valence-corrected chi connectivity index (χ3v) is 11.5. The van der Waals surface area contributed by atoms with E-state index in [4.69, 9.17) is 14.5 Å². The lowest BCUT2D eigenvalue weighted by molar-refractivity contribution is -0.0790. The smallest absolute Gasteiger partial charge is 0.131 e. The molecule has 0 saturated carbocycles. The van der Waals surface area contributed by atoms with Crippen LogP contribution in [0.15, 0.2) is 150 Å². The molecule has 4 aliphatic carbocycles. The van der Waals surface area contributed by atoms with Crippen molar-refractivity contribution in [2.24, 2.45) is 11.8 Å². The number of dihydropyridines is 1. The number of pyridine rings is 1. The minimum absolute atomic E-state index is 0.0392. The topological polar surface area (TPSA) is 46.6 Å². The molecule has 10 rings (SSSR count). The first kappa shape index (κ1) is 26.6. The maximum absolute atomic E-state index is 7.20. The van der Waals surface area contributed by atoms with Crippen LogP contribution in [0.5, 0.6) is 5.75 Å². The number of aromatic nitrogens is 1. The normalized spacial score (nSPS) is 34.5. The quantitative estimate of drug-likeness (QED) is 0.367. The predicted molar refractivity (Wildman–Crippen MR) is 180 cm³/mol. The largest absolute Gasteiger partial charge is 0.457 e. The molecule has 5 nitrogen and oxygen atoms in total. The number of nitrogens with zero attached hydrogens (tertiary/aromatic N) is 2. The first-order valence-corrected chi connectivity index (χ1v) is 16.9. The minimum atomic E-state index is -0.323. The first-order chi connectivity index (χ1) is 22.8. The van der Waals surface area contributed by atoms with Gasteiger partial charge in [-0.15, -0.1) is 0 Å². The summed E-state index contributed by atoms with van der Waals surface area (Å²) in [6.45, 7) is 0.871. The highest BCUT2D eigenvalue weighted by Gasteiger charge is 2.59. The van der Waals surface area contributed by atoms with Crippen LogP contribution in [0.4, 0.5) is 0 Å². The summed E-state index contributed by atoms with van der Waals surface area (Å²) in [6, 6.07) is 15.5. The van der Waals surface area contributed by atoms with Crippen LogP contribution in [0.3, 0.4) is 0 Å². The zero-order valence-corrected chi connectivity index (χ0v) is 25.8. The monoisotopic (exact) mass is 603 g/mol. The second-order valence-electron chi connectivity index (χ2n) is 13.6. The predicted octanol–water partition coefficient (Wildman–Crippen LogP) is 7.24. The second kappa shape index (κ2) is 10.2. The van der Waals surface area contributed by atoms with E-state index in [-0.39, 0.29) is 29.6 Å². The van der Waals surface area contributed by atoms with E-state index in [1.54, 1.807) is 0 Å². The van der Waals surface area contributed by atoms with Crippen LogP contribution in [-0.2, 0) is 10.2 Å². The van der Waals surface area contributed by atoms with Crippen LogP contribution in [0.25, 0.3) is 5.57 Å². The van der Waals surface area contributed by atoms with Gasteiger partial charge in [-0.2, -0.15) is 0 Å². The molecule has 228 valence electrons. The summed E-state index contributed by atoms with van der Waals surface area (Å²) in [5.41, 5.74) is 8.88. The van der Waals surface area contributed by atoms with Crippen molar-refractivity contribution in [2.75, 3.05) is 6.54 Å². The fourth-order valence-corrected chi connectivity index (χ4v) is 9.74. The number of para-hydroxylation sites is 1. The van der Waals surface area contributed by atoms with E-state index in [1.807, 2.05) is 12.3 Å². The Kier molecular flexibility index (Phi) is 5.90. The SMILES string of the molecule is C1=CCC2OC3CC(N4C5=C(C=CNC5)C5C=CC=CC54)C=CC3C3(C2=C1)C1=C(C=C(c2ccccn2)CC1)Oc1ccccc13. The molecule has 1 spiro atoms. The number of hydrogen-bond donors (Lipinski definition) is 1. The maximum Gasteiger partial charge on any atom is 0.131 e. The van der Waals surface area contributed by atoms with Crippen LogP contribution in [0, 0.1) is 11.8 Å². The van der Waals surface area contributed by atoms with E-state index in [9.17, 15) is 0 Å². The van der Waals surface area contributed by atoms with E-state index in [0.717, 1.165) is 49.4 Å². The molecule has 2 aromatic rings. The zero-order chi connectivity index (χ0) is 30.2. The van der Waals surface area contributed by atoms with Gasteiger partial charge in [0, 0.05) is 29.3 Å². The molecule has 5 heteroatoms. The van der Waals surface area contributed by atoms with Gasteiger partial charge in [0.2, 0.25) is 0 Å². The molecule has 8 aliphatic rings.